The number of ether oxygens (including phenoxy) is 2. The highest BCUT2D eigenvalue weighted by Crippen LogP contribution is 2.48. The molecule has 2 aliphatic rings. The lowest BCUT2D eigenvalue weighted by atomic mass is 9.86. The van der Waals surface area contributed by atoms with Crippen LogP contribution in [0.5, 0.6) is 23.0 Å². The van der Waals surface area contributed by atoms with Crippen LogP contribution in [0.25, 0.3) is 11.1 Å². The first-order valence-electron chi connectivity index (χ1n) is 12.1. The molecule has 36 heavy (non-hydrogen) atoms. The number of likely N-dealkylation sites (tertiary alicyclic amines) is 1. The molecule has 1 unspecified atom stereocenters. The number of phenols is 2. The molecule has 2 atom stereocenters. The van der Waals surface area contributed by atoms with E-state index in [0.29, 0.717) is 46.9 Å². The summed E-state index contributed by atoms with van der Waals surface area (Å²) in [6.45, 7) is 4.24. The van der Waals surface area contributed by atoms with Crippen LogP contribution >= 0.6 is 0 Å². The van der Waals surface area contributed by atoms with Crippen LogP contribution in [0.3, 0.4) is 0 Å². The number of benzene rings is 3. The molecule has 0 saturated carbocycles. The van der Waals surface area contributed by atoms with Gasteiger partial charge in [-0.05, 0) is 73.5 Å². The van der Waals surface area contributed by atoms with Crippen LogP contribution in [-0.4, -0.2) is 48.0 Å². The molecular weight excluding hydrogens is 464 g/mol. The number of halogens is 2. The number of nitrogens with zero attached hydrogens (tertiary/aromatic N) is 1. The number of hydrogen-bond acceptors (Lipinski definition) is 5. The van der Waals surface area contributed by atoms with Gasteiger partial charge in [0, 0.05) is 41.8 Å². The highest BCUT2D eigenvalue weighted by atomic mass is 19.1. The van der Waals surface area contributed by atoms with Crippen LogP contribution in [0.4, 0.5) is 8.78 Å². The van der Waals surface area contributed by atoms with E-state index in [4.69, 9.17) is 9.47 Å². The lowest BCUT2D eigenvalue weighted by Crippen LogP contribution is -2.26. The van der Waals surface area contributed by atoms with Crippen LogP contribution in [-0.2, 0) is 0 Å². The minimum absolute atomic E-state index is 0.0910. The lowest BCUT2D eigenvalue weighted by Gasteiger charge is -2.31. The Morgan fingerprint density at radius 2 is 1.89 bits per heavy atom. The molecule has 7 heteroatoms. The van der Waals surface area contributed by atoms with Crippen molar-refractivity contribution in [3.63, 3.8) is 0 Å². The van der Waals surface area contributed by atoms with Gasteiger partial charge in [0.05, 0.1) is 6.67 Å². The second-order valence-electron chi connectivity index (χ2n) is 9.41. The quantitative estimate of drug-likeness (QED) is 0.425. The summed E-state index contributed by atoms with van der Waals surface area (Å²) in [6.07, 6.45) is 0.0958. The fourth-order valence-corrected chi connectivity index (χ4v) is 5.05. The van der Waals surface area contributed by atoms with E-state index >= 15 is 4.39 Å². The molecule has 0 spiro atoms. The maximum absolute atomic E-state index is 15.5. The topological polar surface area (TPSA) is 62.2 Å². The number of phenolic OH excluding ortho intramolecular Hbond substituents is 2. The van der Waals surface area contributed by atoms with Gasteiger partial charge in [0.25, 0.3) is 0 Å². The predicted octanol–water partition coefficient (Wildman–Crippen LogP) is 5.97. The molecular formula is C29H29F2NO4. The molecule has 0 radical (unpaired) electrons. The van der Waals surface area contributed by atoms with E-state index in [1.165, 1.54) is 12.1 Å². The van der Waals surface area contributed by atoms with Crippen molar-refractivity contribution in [3.05, 3.63) is 83.2 Å². The Morgan fingerprint density at radius 3 is 2.64 bits per heavy atom. The SMILES string of the molecule is CC1=C(c2cccc(O)c2)C(c2ccc(OCCN3CC[C@@H](CF)C3)cc2F)Oc2ccc(O)cc21. The van der Waals surface area contributed by atoms with Crippen molar-refractivity contribution in [3.8, 4) is 23.0 Å². The second-order valence-corrected chi connectivity index (χ2v) is 9.41. The summed E-state index contributed by atoms with van der Waals surface area (Å²) in [5, 5.41) is 20.1. The largest absolute Gasteiger partial charge is 0.508 e. The molecule has 1 fully saturated rings. The minimum Gasteiger partial charge on any atom is -0.508 e. The van der Waals surface area contributed by atoms with E-state index < -0.39 is 11.9 Å². The average Bonchev–Trinajstić information content (AvgIpc) is 3.32. The summed E-state index contributed by atoms with van der Waals surface area (Å²) in [5.41, 5.74) is 3.27. The van der Waals surface area contributed by atoms with E-state index in [1.54, 1.807) is 42.5 Å². The Balaban J connectivity index is 1.41. The first-order chi connectivity index (χ1) is 17.4. The van der Waals surface area contributed by atoms with Crippen molar-refractivity contribution in [1.29, 1.82) is 0 Å². The van der Waals surface area contributed by atoms with E-state index in [9.17, 15) is 14.6 Å². The van der Waals surface area contributed by atoms with Gasteiger partial charge in [0.1, 0.15) is 35.4 Å². The normalized spacial score (nSPS) is 19.8. The van der Waals surface area contributed by atoms with Crippen LogP contribution < -0.4 is 9.47 Å². The third-order valence-electron chi connectivity index (χ3n) is 6.95. The third-order valence-corrected chi connectivity index (χ3v) is 6.95. The van der Waals surface area contributed by atoms with Crippen molar-refractivity contribution in [1.82, 2.24) is 4.90 Å². The molecule has 5 nitrogen and oxygen atoms in total. The molecule has 188 valence electrons. The Morgan fingerprint density at radius 1 is 1.06 bits per heavy atom. The molecule has 3 aromatic carbocycles. The van der Waals surface area contributed by atoms with Gasteiger partial charge < -0.3 is 19.7 Å². The molecule has 2 heterocycles. The summed E-state index contributed by atoms with van der Waals surface area (Å²) in [4.78, 5) is 2.16. The second kappa shape index (κ2) is 10.2. The van der Waals surface area contributed by atoms with Crippen molar-refractivity contribution in [2.45, 2.75) is 19.4 Å². The summed E-state index contributed by atoms with van der Waals surface area (Å²) in [7, 11) is 0. The Kier molecular flexibility index (Phi) is 6.83. The highest BCUT2D eigenvalue weighted by molar-refractivity contribution is 5.95. The third kappa shape index (κ3) is 4.88. The number of fused-ring (bicyclic) bond motifs is 1. The van der Waals surface area contributed by atoms with Gasteiger partial charge in [-0.1, -0.05) is 12.1 Å². The van der Waals surface area contributed by atoms with Crippen LogP contribution in [0.1, 0.15) is 36.1 Å². The van der Waals surface area contributed by atoms with Crippen LogP contribution in [0.2, 0.25) is 0 Å². The molecule has 5 rings (SSSR count). The molecule has 2 N–H and O–H groups in total. The first kappa shape index (κ1) is 24.1. The van der Waals surface area contributed by atoms with Crippen molar-refractivity contribution < 1.29 is 28.5 Å². The molecule has 1 saturated heterocycles. The summed E-state index contributed by atoms with van der Waals surface area (Å²) in [6, 6.07) is 16.3. The molecule has 2 aliphatic heterocycles. The Bertz CT molecular complexity index is 1290. The van der Waals surface area contributed by atoms with Crippen molar-refractivity contribution >= 4 is 11.1 Å². The molecule has 3 aromatic rings. The summed E-state index contributed by atoms with van der Waals surface area (Å²) >= 11 is 0. The maximum atomic E-state index is 15.5. The van der Waals surface area contributed by atoms with E-state index in [-0.39, 0.29) is 24.1 Å². The van der Waals surface area contributed by atoms with Crippen molar-refractivity contribution in [2.24, 2.45) is 5.92 Å². The van der Waals surface area contributed by atoms with E-state index in [1.807, 2.05) is 13.0 Å². The zero-order chi connectivity index (χ0) is 25.2. The van der Waals surface area contributed by atoms with Gasteiger partial charge in [-0.3, -0.25) is 9.29 Å². The maximum Gasteiger partial charge on any atom is 0.153 e. The Labute approximate surface area is 209 Å². The molecule has 0 aliphatic carbocycles. The van der Waals surface area contributed by atoms with Crippen LogP contribution in [0.15, 0.2) is 60.7 Å². The van der Waals surface area contributed by atoms with Gasteiger partial charge in [0.15, 0.2) is 6.10 Å². The number of rotatable bonds is 7. The van der Waals surface area contributed by atoms with E-state index in [2.05, 4.69) is 4.90 Å². The summed E-state index contributed by atoms with van der Waals surface area (Å²) in [5.74, 6) is 0.780. The van der Waals surface area contributed by atoms with Gasteiger partial charge in [0.2, 0.25) is 0 Å². The molecule has 0 amide bonds. The van der Waals surface area contributed by atoms with Gasteiger partial charge in [-0.15, -0.1) is 0 Å². The molecule has 0 bridgehead atoms. The zero-order valence-corrected chi connectivity index (χ0v) is 20.1. The standard InChI is InChI=1S/C29H29F2NO4/c1-18-25-14-22(34)5-8-27(25)36-29(28(18)20-3-2-4-21(33)13-20)24-7-6-23(15-26(24)31)35-12-11-32-10-9-19(16-30)17-32/h2-8,13-15,19,29,33-34H,9-12,16-17H2,1H3/t19-,29?/m0/s1. The first-order valence-corrected chi connectivity index (χ1v) is 12.1. The Hall–Kier alpha value is -3.58. The van der Waals surface area contributed by atoms with Gasteiger partial charge >= 0.3 is 0 Å². The predicted molar refractivity (Wildman–Crippen MR) is 134 cm³/mol. The monoisotopic (exact) mass is 493 g/mol. The lowest BCUT2D eigenvalue weighted by molar-refractivity contribution is 0.227. The summed E-state index contributed by atoms with van der Waals surface area (Å²) < 4.78 is 40.4. The fourth-order valence-electron chi connectivity index (χ4n) is 5.05. The van der Waals surface area contributed by atoms with Gasteiger partial charge in [-0.25, -0.2) is 4.39 Å². The smallest absolute Gasteiger partial charge is 0.153 e. The minimum atomic E-state index is -0.764. The van der Waals surface area contributed by atoms with Gasteiger partial charge in [-0.2, -0.15) is 0 Å². The highest BCUT2D eigenvalue weighted by Gasteiger charge is 2.31. The number of aromatic hydroxyl groups is 2. The zero-order valence-electron chi connectivity index (χ0n) is 20.1. The fraction of sp³-hybridized carbons (Fsp3) is 0.310. The number of allylic oxidation sites excluding steroid dienone is 1. The average molecular weight is 494 g/mol. The van der Waals surface area contributed by atoms with E-state index in [0.717, 1.165) is 25.1 Å². The molecule has 0 aromatic heterocycles. The number of hydrogen-bond donors (Lipinski definition) is 2. The van der Waals surface area contributed by atoms with Crippen molar-refractivity contribution in [2.75, 3.05) is 32.9 Å². The number of alkyl halides is 1. The van der Waals surface area contributed by atoms with Crippen LogP contribution in [0, 0.1) is 11.7 Å².